The molecule has 0 aliphatic rings. The number of guanidine groups is 1. The van der Waals surface area contributed by atoms with E-state index in [9.17, 15) is 0 Å². The molecule has 0 aliphatic heterocycles. The van der Waals surface area contributed by atoms with Gasteiger partial charge in [0.2, 0.25) is 5.96 Å². The molecule has 5 heteroatoms. The molecular weight excluding hydrogens is 194 g/mol. The lowest BCUT2D eigenvalue weighted by molar-refractivity contribution is 0.0733. The second-order valence-corrected chi connectivity index (χ2v) is 2.80. The van der Waals surface area contributed by atoms with Gasteiger partial charge in [0.25, 0.3) is 0 Å². The molecule has 0 bridgehead atoms. The Balaban J connectivity index is 2.00. The number of rotatable bonds is 6. The van der Waals surface area contributed by atoms with E-state index in [1.54, 1.807) is 12.1 Å². The van der Waals surface area contributed by atoms with E-state index < -0.39 is 0 Å². The number of nitrogens with two attached hydrogens (primary N) is 1. The standard InChI is InChI=1S/C10H14N3O2/c11-10(12)13-15-8-4-7-14-9-5-2-1-3-6-9/h2-3,5-6H,4,7-8H2,(H4,11,12,13). The van der Waals surface area contributed by atoms with Crippen LogP contribution in [-0.2, 0) is 4.84 Å². The van der Waals surface area contributed by atoms with Crippen molar-refractivity contribution in [3.05, 3.63) is 30.3 Å². The maximum absolute atomic E-state index is 6.82. The summed E-state index contributed by atoms with van der Waals surface area (Å²) in [5.41, 5.74) is 7.26. The van der Waals surface area contributed by atoms with Gasteiger partial charge in [0.1, 0.15) is 5.75 Å². The number of ether oxygens (including phenoxy) is 1. The summed E-state index contributed by atoms with van der Waals surface area (Å²) in [4.78, 5) is 4.85. The van der Waals surface area contributed by atoms with Crippen molar-refractivity contribution in [2.45, 2.75) is 6.42 Å². The summed E-state index contributed by atoms with van der Waals surface area (Å²) in [7, 11) is 0. The van der Waals surface area contributed by atoms with Gasteiger partial charge < -0.3 is 10.5 Å². The fourth-order valence-electron chi connectivity index (χ4n) is 0.918. The van der Waals surface area contributed by atoms with Gasteiger partial charge in [-0.25, -0.2) is 5.48 Å². The fourth-order valence-corrected chi connectivity index (χ4v) is 0.918. The van der Waals surface area contributed by atoms with Crippen molar-refractivity contribution in [2.24, 2.45) is 5.73 Å². The zero-order valence-electron chi connectivity index (χ0n) is 8.32. The molecule has 0 amide bonds. The Morgan fingerprint density at radius 3 is 2.80 bits per heavy atom. The topological polar surface area (TPSA) is 80.4 Å². The van der Waals surface area contributed by atoms with E-state index in [-0.39, 0.29) is 5.96 Å². The van der Waals surface area contributed by atoms with E-state index in [1.165, 1.54) is 0 Å². The van der Waals surface area contributed by atoms with Gasteiger partial charge >= 0.3 is 0 Å². The van der Waals surface area contributed by atoms with Crippen LogP contribution in [0.5, 0.6) is 5.75 Å². The van der Waals surface area contributed by atoms with E-state index in [1.807, 2.05) is 12.1 Å². The fraction of sp³-hybridized carbons (Fsp3) is 0.300. The summed E-state index contributed by atoms with van der Waals surface area (Å²) >= 11 is 0. The Bertz CT molecular complexity index is 290. The molecule has 0 atom stereocenters. The second kappa shape index (κ2) is 6.67. The molecule has 0 aliphatic carbocycles. The maximum Gasteiger partial charge on any atom is 0.210 e. The lowest BCUT2D eigenvalue weighted by Crippen LogP contribution is -2.30. The Hall–Kier alpha value is -1.75. The summed E-state index contributed by atoms with van der Waals surface area (Å²) in [5.74, 6) is 0.614. The summed E-state index contributed by atoms with van der Waals surface area (Å²) in [5, 5.41) is 6.82. The molecule has 1 aromatic carbocycles. The number of hydrogen-bond donors (Lipinski definition) is 3. The largest absolute Gasteiger partial charge is 0.494 e. The Labute approximate surface area is 88.6 Å². The molecule has 4 N–H and O–H groups in total. The highest BCUT2D eigenvalue weighted by Gasteiger charge is 1.92. The molecule has 0 heterocycles. The monoisotopic (exact) mass is 208 g/mol. The van der Waals surface area contributed by atoms with Gasteiger partial charge in [0.15, 0.2) is 0 Å². The minimum Gasteiger partial charge on any atom is -0.494 e. The third-order valence-corrected chi connectivity index (χ3v) is 1.53. The first-order valence-electron chi connectivity index (χ1n) is 4.60. The van der Waals surface area contributed by atoms with Gasteiger partial charge in [-0.15, -0.1) is 0 Å². The first kappa shape index (κ1) is 11.3. The molecule has 5 nitrogen and oxygen atoms in total. The summed E-state index contributed by atoms with van der Waals surface area (Å²) < 4.78 is 5.40. The summed E-state index contributed by atoms with van der Waals surface area (Å²) in [6.07, 6.45) is 0.721. The first-order chi connectivity index (χ1) is 7.29. The zero-order chi connectivity index (χ0) is 10.9. The van der Waals surface area contributed by atoms with E-state index in [0.29, 0.717) is 13.2 Å². The molecular formula is C10H14N3O2. The second-order valence-electron chi connectivity index (χ2n) is 2.80. The van der Waals surface area contributed by atoms with Crippen molar-refractivity contribution in [1.29, 1.82) is 5.41 Å². The number of hydrogen-bond acceptors (Lipinski definition) is 3. The molecule has 1 rings (SSSR count). The molecule has 1 radical (unpaired) electrons. The van der Waals surface area contributed by atoms with Crippen molar-refractivity contribution in [3.8, 4) is 5.75 Å². The normalized spacial score (nSPS) is 9.60. The van der Waals surface area contributed by atoms with Gasteiger partial charge in [0.05, 0.1) is 13.2 Å². The maximum atomic E-state index is 6.82. The van der Waals surface area contributed by atoms with Crippen LogP contribution in [0, 0.1) is 11.5 Å². The van der Waals surface area contributed by atoms with Gasteiger partial charge in [-0.3, -0.25) is 10.2 Å². The van der Waals surface area contributed by atoms with Crippen molar-refractivity contribution >= 4 is 5.96 Å². The Morgan fingerprint density at radius 2 is 2.13 bits per heavy atom. The molecule has 0 aromatic heterocycles. The molecule has 0 unspecified atom stereocenters. The van der Waals surface area contributed by atoms with Crippen molar-refractivity contribution < 1.29 is 9.57 Å². The quantitative estimate of drug-likeness (QED) is 0.278. The third-order valence-electron chi connectivity index (χ3n) is 1.53. The van der Waals surface area contributed by atoms with Crippen LogP contribution in [0.1, 0.15) is 6.42 Å². The number of nitrogens with one attached hydrogen (secondary N) is 2. The van der Waals surface area contributed by atoms with Gasteiger partial charge in [-0.05, 0) is 18.2 Å². The van der Waals surface area contributed by atoms with E-state index in [2.05, 4.69) is 11.5 Å². The summed E-state index contributed by atoms with van der Waals surface area (Å²) in [6.45, 7) is 1.00. The highest BCUT2D eigenvalue weighted by atomic mass is 16.6. The van der Waals surface area contributed by atoms with Gasteiger partial charge in [0, 0.05) is 6.42 Å². The minimum atomic E-state index is -0.200. The van der Waals surface area contributed by atoms with Crippen molar-refractivity contribution in [1.82, 2.24) is 5.48 Å². The van der Waals surface area contributed by atoms with Crippen LogP contribution < -0.4 is 16.0 Å². The zero-order valence-corrected chi connectivity index (χ0v) is 8.32. The molecule has 15 heavy (non-hydrogen) atoms. The predicted octanol–water partition coefficient (Wildman–Crippen LogP) is 0.670. The lowest BCUT2D eigenvalue weighted by Gasteiger charge is -2.06. The average molecular weight is 208 g/mol. The average Bonchev–Trinajstić information content (AvgIpc) is 2.24. The summed E-state index contributed by atoms with van der Waals surface area (Å²) in [6, 6.07) is 10.2. The molecule has 0 fully saturated rings. The van der Waals surface area contributed by atoms with Crippen LogP contribution in [0.2, 0.25) is 0 Å². The smallest absolute Gasteiger partial charge is 0.210 e. The van der Waals surface area contributed by atoms with Crippen LogP contribution in [0.4, 0.5) is 0 Å². The highest BCUT2D eigenvalue weighted by Crippen LogP contribution is 2.07. The van der Waals surface area contributed by atoms with Gasteiger partial charge in [-0.2, -0.15) is 0 Å². The van der Waals surface area contributed by atoms with E-state index >= 15 is 0 Å². The van der Waals surface area contributed by atoms with Gasteiger partial charge in [-0.1, -0.05) is 12.1 Å². The van der Waals surface area contributed by atoms with Crippen molar-refractivity contribution in [3.63, 3.8) is 0 Å². The Morgan fingerprint density at radius 1 is 1.40 bits per heavy atom. The molecule has 0 saturated heterocycles. The van der Waals surface area contributed by atoms with Crippen LogP contribution in [-0.4, -0.2) is 19.2 Å². The molecule has 0 spiro atoms. The number of hydroxylamine groups is 1. The third kappa shape index (κ3) is 5.53. The van der Waals surface area contributed by atoms with Crippen LogP contribution in [0.3, 0.4) is 0 Å². The van der Waals surface area contributed by atoms with Crippen LogP contribution in [0.25, 0.3) is 0 Å². The lowest BCUT2D eigenvalue weighted by atomic mass is 10.3. The Kier molecular flexibility index (Phi) is 5.03. The van der Waals surface area contributed by atoms with Crippen LogP contribution in [0.15, 0.2) is 24.3 Å². The molecule has 0 saturated carbocycles. The molecule has 81 valence electrons. The first-order valence-corrected chi connectivity index (χ1v) is 4.60. The van der Waals surface area contributed by atoms with Crippen molar-refractivity contribution in [2.75, 3.05) is 13.2 Å². The van der Waals surface area contributed by atoms with E-state index in [0.717, 1.165) is 12.2 Å². The number of benzene rings is 1. The van der Waals surface area contributed by atoms with Crippen LogP contribution >= 0.6 is 0 Å². The predicted molar refractivity (Wildman–Crippen MR) is 56.4 cm³/mol. The SMILES string of the molecule is N=C(N)NOCCCOc1cc[c]cc1. The molecule has 1 aromatic rings. The van der Waals surface area contributed by atoms with E-state index in [4.69, 9.17) is 20.7 Å². The highest BCUT2D eigenvalue weighted by molar-refractivity contribution is 5.72. The minimum absolute atomic E-state index is 0.200.